The highest BCUT2D eigenvalue weighted by Crippen LogP contribution is 2.49. The molecule has 0 bridgehead atoms. The topological polar surface area (TPSA) is 24.4 Å². The number of benzene rings is 3. The molecule has 2 nitrogen and oxygen atoms in total. The van der Waals surface area contributed by atoms with Gasteiger partial charge in [-0.15, -0.1) is 0 Å². The Morgan fingerprint density at radius 3 is 2.42 bits per heavy atom. The molecule has 5 rings (SSSR count). The summed E-state index contributed by atoms with van der Waals surface area (Å²) in [6, 6.07) is 27.9. The average Bonchev–Trinajstić information content (AvgIpc) is 3.08. The van der Waals surface area contributed by atoms with Gasteiger partial charge in [-0.25, -0.2) is 4.99 Å². The van der Waals surface area contributed by atoms with E-state index in [1.54, 1.807) is 0 Å². The van der Waals surface area contributed by atoms with Gasteiger partial charge in [0.25, 0.3) is 0 Å². The number of hydrogen-bond acceptors (Lipinski definition) is 3. The van der Waals surface area contributed by atoms with Gasteiger partial charge in [0.05, 0.1) is 11.7 Å². The van der Waals surface area contributed by atoms with Crippen LogP contribution in [0.15, 0.2) is 99.4 Å². The Morgan fingerprint density at radius 1 is 0.808 bits per heavy atom. The van der Waals surface area contributed by atoms with E-state index in [0.29, 0.717) is 0 Å². The van der Waals surface area contributed by atoms with Crippen LogP contribution in [-0.2, 0) is 0 Å². The first-order valence-electron chi connectivity index (χ1n) is 8.78. The van der Waals surface area contributed by atoms with Crippen LogP contribution < -0.4 is 5.32 Å². The summed E-state index contributed by atoms with van der Waals surface area (Å²) in [5, 5.41) is 3.67. The Balaban J connectivity index is 1.54. The van der Waals surface area contributed by atoms with Gasteiger partial charge in [-0.1, -0.05) is 78.5 Å². The molecule has 3 aromatic rings. The Kier molecular flexibility index (Phi) is 3.68. The lowest BCUT2D eigenvalue weighted by atomic mass is 10.0. The molecule has 0 radical (unpaired) electrons. The Bertz CT molecular complexity index is 1050. The number of thioether (sulfide) groups is 1. The number of hydrogen-bond donors (Lipinski definition) is 1. The highest BCUT2D eigenvalue weighted by molar-refractivity contribution is 8.03. The van der Waals surface area contributed by atoms with Gasteiger partial charge in [0.1, 0.15) is 5.84 Å². The fourth-order valence-electron chi connectivity index (χ4n) is 3.57. The highest BCUT2D eigenvalue weighted by Gasteiger charge is 2.33. The van der Waals surface area contributed by atoms with Crippen LogP contribution in [-0.4, -0.2) is 5.84 Å². The molecule has 26 heavy (non-hydrogen) atoms. The standard InChI is InChI=1S/C23H18N2S/c1-15-22-21(19-12-5-6-13-20(19)26-22)25-23(24-15)18-11-7-10-17(14-18)16-8-3-2-4-9-16/h2-14,21H,1H3,(H,24,25). The third-order valence-electron chi connectivity index (χ3n) is 4.87. The van der Waals surface area contributed by atoms with E-state index >= 15 is 0 Å². The van der Waals surface area contributed by atoms with Crippen LogP contribution in [0.5, 0.6) is 0 Å². The first-order valence-corrected chi connectivity index (χ1v) is 9.60. The third-order valence-corrected chi connectivity index (χ3v) is 6.22. The second-order valence-corrected chi connectivity index (χ2v) is 7.66. The molecule has 0 saturated heterocycles. The molecular formula is C23H18N2S. The molecule has 2 aliphatic rings. The largest absolute Gasteiger partial charge is 0.358 e. The first-order chi connectivity index (χ1) is 12.8. The van der Waals surface area contributed by atoms with Crippen LogP contribution in [0, 0.1) is 0 Å². The molecule has 0 aromatic heterocycles. The fourth-order valence-corrected chi connectivity index (χ4v) is 4.76. The summed E-state index contributed by atoms with van der Waals surface area (Å²) in [6.07, 6.45) is 0. The molecule has 0 fully saturated rings. The van der Waals surface area contributed by atoms with Crippen molar-refractivity contribution < 1.29 is 0 Å². The summed E-state index contributed by atoms with van der Waals surface area (Å²) < 4.78 is 0. The predicted octanol–water partition coefficient (Wildman–Crippen LogP) is 5.78. The Morgan fingerprint density at radius 2 is 1.54 bits per heavy atom. The van der Waals surface area contributed by atoms with Crippen molar-refractivity contribution in [3.05, 3.63) is 101 Å². The van der Waals surface area contributed by atoms with Gasteiger partial charge in [-0.3, -0.25) is 0 Å². The molecule has 126 valence electrons. The van der Waals surface area contributed by atoms with E-state index in [2.05, 4.69) is 85.0 Å². The maximum absolute atomic E-state index is 4.88. The minimum Gasteiger partial charge on any atom is -0.358 e. The van der Waals surface area contributed by atoms with E-state index in [1.165, 1.54) is 26.5 Å². The number of amidine groups is 1. The first kappa shape index (κ1) is 15.5. The maximum atomic E-state index is 4.88. The van der Waals surface area contributed by atoms with E-state index < -0.39 is 0 Å². The lowest BCUT2D eigenvalue weighted by molar-refractivity contribution is 0.751. The summed E-state index contributed by atoms with van der Waals surface area (Å²) in [7, 11) is 0. The molecule has 2 aliphatic heterocycles. The minimum atomic E-state index is 0.212. The van der Waals surface area contributed by atoms with E-state index in [1.807, 2.05) is 17.8 Å². The van der Waals surface area contributed by atoms with Crippen LogP contribution >= 0.6 is 11.8 Å². The monoisotopic (exact) mass is 354 g/mol. The molecule has 0 saturated carbocycles. The van der Waals surface area contributed by atoms with Gasteiger partial charge >= 0.3 is 0 Å². The summed E-state index contributed by atoms with van der Waals surface area (Å²) >= 11 is 1.84. The van der Waals surface area contributed by atoms with E-state index in [0.717, 1.165) is 17.1 Å². The van der Waals surface area contributed by atoms with Crippen LogP contribution in [0.2, 0.25) is 0 Å². The van der Waals surface area contributed by atoms with E-state index in [9.17, 15) is 0 Å². The zero-order chi connectivity index (χ0) is 17.5. The average molecular weight is 354 g/mol. The summed E-state index contributed by atoms with van der Waals surface area (Å²) in [6.45, 7) is 2.11. The van der Waals surface area contributed by atoms with Crippen molar-refractivity contribution >= 4 is 17.6 Å². The van der Waals surface area contributed by atoms with Crippen LogP contribution in [0.3, 0.4) is 0 Å². The molecule has 0 spiro atoms. The van der Waals surface area contributed by atoms with Gasteiger partial charge in [0.2, 0.25) is 0 Å². The Hall–Kier alpha value is -2.78. The van der Waals surface area contributed by atoms with Gasteiger partial charge in [0, 0.05) is 15.4 Å². The van der Waals surface area contributed by atoms with Crippen molar-refractivity contribution in [3.8, 4) is 11.1 Å². The molecular weight excluding hydrogens is 336 g/mol. The van der Waals surface area contributed by atoms with Gasteiger partial charge in [-0.2, -0.15) is 0 Å². The number of rotatable bonds is 2. The zero-order valence-corrected chi connectivity index (χ0v) is 15.3. The van der Waals surface area contributed by atoms with E-state index in [-0.39, 0.29) is 6.04 Å². The van der Waals surface area contributed by atoms with Crippen molar-refractivity contribution in [2.24, 2.45) is 4.99 Å². The van der Waals surface area contributed by atoms with Crippen molar-refractivity contribution in [2.75, 3.05) is 0 Å². The number of fused-ring (bicyclic) bond motifs is 3. The maximum Gasteiger partial charge on any atom is 0.134 e. The minimum absolute atomic E-state index is 0.212. The van der Waals surface area contributed by atoms with Crippen molar-refractivity contribution in [1.82, 2.24) is 5.32 Å². The zero-order valence-electron chi connectivity index (χ0n) is 14.4. The summed E-state index contributed by atoms with van der Waals surface area (Å²) in [5.74, 6) is 0.950. The lowest BCUT2D eigenvalue weighted by Gasteiger charge is -2.24. The second kappa shape index (κ2) is 6.19. The number of nitrogens with zero attached hydrogens (tertiary/aromatic N) is 1. The van der Waals surface area contributed by atoms with Crippen LogP contribution in [0.1, 0.15) is 24.1 Å². The van der Waals surface area contributed by atoms with Gasteiger partial charge in [-0.05, 0) is 35.7 Å². The molecule has 0 aliphatic carbocycles. The van der Waals surface area contributed by atoms with Crippen LogP contribution in [0.4, 0.5) is 0 Å². The third kappa shape index (κ3) is 2.56. The fraction of sp³-hybridized carbons (Fsp3) is 0.0870. The molecule has 1 atom stereocenters. The van der Waals surface area contributed by atoms with Crippen molar-refractivity contribution in [2.45, 2.75) is 17.9 Å². The van der Waals surface area contributed by atoms with Crippen LogP contribution in [0.25, 0.3) is 11.1 Å². The van der Waals surface area contributed by atoms with Crippen molar-refractivity contribution in [3.63, 3.8) is 0 Å². The predicted molar refractivity (Wildman–Crippen MR) is 109 cm³/mol. The summed E-state index contributed by atoms with van der Waals surface area (Å²) in [4.78, 5) is 7.52. The molecule has 3 aromatic carbocycles. The smallest absolute Gasteiger partial charge is 0.134 e. The number of allylic oxidation sites excluding steroid dienone is 1. The Labute approximate surface area is 157 Å². The normalized spacial score (nSPS) is 18.0. The van der Waals surface area contributed by atoms with Gasteiger partial charge < -0.3 is 5.32 Å². The molecule has 1 unspecified atom stereocenters. The van der Waals surface area contributed by atoms with Crippen molar-refractivity contribution in [1.29, 1.82) is 0 Å². The van der Waals surface area contributed by atoms with E-state index in [4.69, 9.17) is 4.99 Å². The second-order valence-electron chi connectivity index (χ2n) is 6.57. The molecule has 3 heteroatoms. The highest BCUT2D eigenvalue weighted by atomic mass is 32.2. The number of aliphatic imine (C=N–C) groups is 1. The SMILES string of the molecule is CC1=C2Sc3ccccc3C2NC(c2cccc(-c3ccccc3)c2)=N1. The lowest BCUT2D eigenvalue weighted by Crippen LogP contribution is -2.31. The summed E-state index contributed by atoms with van der Waals surface area (Å²) in [5.41, 5.74) is 6.01. The molecule has 1 N–H and O–H groups in total. The molecule has 2 heterocycles. The number of nitrogens with one attached hydrogen (secondary N) is 1. The molecule has 0 amide bonds. The van der Waals surface area contributed by atoms with Gasteiger partial charge in [0.15, 0.2) is 0 Å². The quantitative estimate of drug-likeness (QED) is 0.630.